The molecule has 0 aromatic carbocycles. The second-order valence-electron chi connectivity index (χ2n) is 4.98. The molecule has 1 aliphatic rings. The molecule has 0 bridgehead atoms. The molecule has 0 radical (unpaired) electrons. The van der Waals surface area contributed by atoms with Crippen molar-refractivity contribution in [2.45, 2.75) is 45.3 Å². The number of hydrogen-bond acceptors (Lipinski definition) is 3. The Morgan fingerprint density at radius 3 is 2.47 bits per heavy atom. The molecular weight excluding hydrogens is 194 g/mol. The Labute approximate surface area is 90.7 Å². The summed E-state index contributed by atoms with van der Waals surface area (Å²) in [6.45, 7) is 5.82. The van der Waals surface area contributed by atoms with Crippen LogP contribution in [0.15, 0.2) is 0 Å². The summed E-state index contributed by atoms with van der Waals surface area (Å²) in [5, 5.41) is 21.4. The average molecular weight is 215 g/mol. The maximum atomic E-state index is 10.7. The van der Waals surface area contributed by atoms with E-state index in [-0.39, 0.29) is 6.54 Å². The highest BCUT2D eigenvalue weighted by atomic mass is 16.4. The lowest BCUT2D eigenvalue weighted by molar-refractivity contribution is -0.156. The van der Waals surface area contributed by atoms with Crippen LogP contribution in [0.2, 0.25) is 0 Å². The molecule has 0 heterocycles. The molecule has 1 aliphatic carbocycles. The third kappa shape index (κ3) is 2.92. The minimum absolute atomic E-state index is 0.115. The first kappa shape index (κ1) is 12.5. The number of nitrogens with one attached hydrogen (secondary N) is 1. The maximum absolute atomic E-state index is 10.7. The predicted molar refractivity (Wildman–Crippen MR) is 57.6 cm³/mol. The van der Waals surface area contributed by atoms with Crippen LogP contribution in [-0.2, 0) is 4.79 Å². The number of aliphatic hydroxyl groups is 1. The van der Waals surface area contributed by atoms with Crippen LogP contribution >= 0.6 is 0 Å². The van der Waals surface area contributed by atoms with Crippen LogP contribution in [-0.4, -0.2) is 34.4 Å². The minimum atomic E-state index is -1.66. The van der Waals surface area contributed by atoms with E-state index >= 15 is 0 Å². The molecule has 0 amide bonds. The van der Waals surface area contributed by atoms with E-state index < -0.39 is 11.6 Å². The average Bonchev–Trinajstić information content (AvgIpc) is 2.45. The van der Waals surface area contributed by atoms with Crippen molar-refractivity contribution in [1.29, 1.82) is 0 Å². The monoisotopic (exact) mass is 215 g/mol. The molecule has 0 aromatic rings. The third-order valence-corrected chi connectivity index (χ3v) is 3.63. The van der Waals surface area contributed by atoms with E-state index in [2.05, 4.69) is 19.2 Å². The zero-order valence-corrected chi connectivity index (χ0v) is 9.66. The molecule has 3 N–H and O–H groups in total. The van der Waals surface area contributed by atoms with Crippen molar-refractivity contribution in [1.82, 2.24) is 5.32 Å². The van der Waals surface area contributed by atoms with Crippen molar-refractivity contribution in [3.05, 3.63) is 0 Å². The van der Waals surface area contributed by atoms with Gasteiger partial charge in [-0.3, -0.25) is 0 Å². The van der Waals surface area contributed by atoms with E-state index in [1.807, 2.05) is 0 Å². The molecule has 4 heteroatoms. The SMILES string of the molecule is CC1CCC(NCC(C)(O)C(=O)O)C1C. The van der Waals surface area contributed by atoms with Gasteiger partial charge in [-0.1, -0.05) is 13.8 Å². The molecule has 0 saturated heterocycles. The largest absolute Gasteiger partial charge is 0.479 e. The molecule has 88 valence electrons. The highest BCUT2D eigenvalue weighted by molar-refractivity contribution is 5.76. The first-order valence-electron chi connectivity index (χ1n) is 5.53. The van der Waals surface area contributed by atoms with Gasteiger partial charge in [-0.2, -0.15) is 0 Å². The van der Waals surface area contributed by atoms with Crippen LogP contribution in [0, 0.1) is 11.8 Å². The summed E-state index contributed by atoms with van der Waals surface area (Å²) in [4.78, 5) is 10.7. The predicted octanol–water partition coefficient (Wildman–Crippen LogP) is 0.846. The van der Waals surface area contributed by atoms with Crippen LogP contribution in [0.1, 0.15) is 33.6 Å². The Hall–Kier alpha value is -0.610. The molecule has 1 rings (SSSR count). The fourth-order valence-corrected chi connectivity index (χ4v) is 2.06. The Bertz CT molecular complexity index is 240. The topological polar surface area (TPSA) is 69.6 Å². The van der Waals surface area contributed by atoms with Crippen LogP contribution in [0.4, 0.5) is 0 Å². The highest BCUT2D eigenvalue weighted by Crippen LogP contribution is 2.31. The normalized spacial score (nSPS) is 35.1. The van der Waals surface area contributed by atoms with E-state index in [0.29, 0.717) is 17.9 Å². The number of carbonyl (C=O) groups is 1. The fraction of sp³-hybridized carbons (Fsp3) is 0.909. The zero-order valence-electron chi connectivity index (χ0n) is 9.66. The van der Waals surface area contributed by atoms with E-state index in [1.165, 1.54) is 13.3 Å². The minimum Gasteiger partial charge on any atom is -0.479 e. The van der Waals surface area contributed by atoms with Crippen LogP contribution in [0.5, 0.6) is 0 Å². The van der Waals surface area contributed by atoms with Crippen molar-refractivity contribution >= 4 is 5.97 Å². The van der Waals surface area contributed by atoms with Crippen molar-refractivity contribution in [3.63, 3.8) is 0 Å². The molecular formula is C11H21NO3. The quantitative estimate of drug-likeness (QED) is 0.650. The second-order valence-corrected chi connectivity index (χ2v) is 4.98. The van der Waals surface area contributed by atoms with E-state index in [1.54, 1.807) is 0 Å². The summed E-state index contributed by atoms with van der Waals surface area (Å²) in [5.74, 6) is 0.0561. The second kappa shape index (κ2) is 4.49. The highest BCUT2D eigenvalue weighted by Gasteiger charge is 2.34. The maximum Gasteiger partial charge on any atom is 0.336 e. The van der Waals surface area contributed by atoms with Gasteiger partial charge in [-0.15, -0.1) is 0 Å². The molecule has 1 fully saturated rings. The van der Waals surface area contributed by atoms with E-state index in [9.17, 15) is 9.90 Å². The Kier molecular flexibility index (Phi) is 3.73. The molecule has 1 saturated carbocycles. The number of aliphatic carboxylic acids is 1. The third-order valence-electron chi connectivity index (χ3n) is 3.63. The van der Waals surface area contributed by atoms with Gasteiger partial charge in [0.15, 0.2) is 5.60 Å². The molecule has 0 spiro atoms. The molecule has 4 atom stereocenters. The summed E-state index contributed by atoms with van der Waals surface area (Å²) in [6.07, 6.45) is 2.24. The van der Waals surface area contributed by atoms with Gasteiger partial charge in [-0.05, 0) is 31.6 Å². The molecule has 15 heavy (non-hydrogen) atoms. The summed E-state index contributed by atoms with van der Waals surface area (Å²) in [6, 6.07) is 0.339. The summed E-state index contributed by atoms with van der Waals surface area (Å²) in [7, 11) is 0. The van der Waals surface area contributed by atoms with Gasteiger partial charge in [0.25, 0.3) is 0 Å². The summed E-state index contributed by atoms with van der Waals surface area (Å²) >= 11 is 0. The number of rotatable bonds is 4. The first-order chi connectivity index (χ1) is 6.84. The Morgan fingerprint density at radius 2 is 2.07 bits per heavy atom. The van der Waals surface area contributed by atoms with Gasteiger partial charge in [-0.25, -0.2) is 4.79 Å². The first-order valence-corrected chi connectivity index (χ1v) is 5.53. The van der Waals surface area contributed by atoms with Gasteiger partial charge in [0.1, 0.15) is 0 Å². The van der Waals surface area contributed by atoms with Gasteiger partial charge in [0.2, 0.25) is 0 Å². The zero-order chi connectivity index (χ0) is 11.6. The van der Waals surface area contributed by atoms with Crippen LogP contribution in [0.25, 0.3) is 0 Å². The van der Waals surface area contributed by atoms with E-state index in [4.69, 9.17) is 5.11 Å². The molecule has 0 aliphatic heterocycles. The van der Waals surface area contributed by atoms with Gasteiger partial charge in [0.05, 0.1) is 0 Å². The molecule has 4 nitrogen and oxygen atoms in total. The van der Waals surface area contributed by atoms with Crippen LogP contribution < -0.4 is 5.32 Å². The van der Waals surface area contributed by atoms with Crippen LogP contribution in [0.3, 0.4) is 0 Å². The fourth-order valence-electron chi connectivity index (χ4n) is 2.06. The smallest absolute Gasteiger partial charge is 0.336 e. The lowest BCUT2D eigenvalue weighted by atomic mass is 9.97. The Balaban J connectivity index is 2.41. The van der Waals surface area contributed by atoms with Crippen molar-refractivity contribution in [2.75, 3.05) is 6.54 Å². The van der Waals surface area contributed by atoms with Crippen molar-refractivity contribution < 1.29 is 15.0 Å². The molecule has 0 aromatic heterocycles. The molecule has 4 unspecified atom stereocenters. The van der Waals surface area contributed by atoms with Gasteiger partial charge >= 0.3 is 5.97 Å². The number of carboxylic acid groups (broad SMARTS) is 1. The standard InChI is InChI=1S/C11H21NO3/c1-7-4-5-9(8(7)2)12-6-11(3,15)10(13)14/h7-9,12,15H,4-6H2,1-3H3,(H,13,14). The van der Waals surface area contributed by atoms with Gasteiger partial charge < -0.3 is 15.5 Å². The van der Waals surface area contributed by atoms with Gasteiger partial charge in [0, 0.05) is 12.6 Å². The number of carboxylic acids is 1. The lowest BCUT2D eigenvalue weighted by Gasteiger charge is -2.24. The van der Waals surface area contributed by atoms with Crippen molar-refractivity contribution in [2.24, 2.45) is 11.8 Å². The number of hydrogen-bond donors (Lipinski definition) is 3. The summed E-state index contributed by atoms with van der Waals surface area (Å²) < 4.78 is 0. The lowest BCUT2D eigenvalue weighted by Crippen LogP contribution is -2.48. The Morgan fingerprint density at radius 1 is 1.47 bits per heavy atom. The summed E-state index contributed by atoms with van der Waals surface area (Å²) in [5.41, 5.74) is -1.66. The van der Waals surface area contributed by atoms with Crippen molar-refractivity contribution in [3.8, 4) is 0 Å². The van der Waals surface area contributed by atoms with E-state index in [0.717, 1.165) is 6.42 Å².